The molecule has 1 saturated heterocycles. The van der Waals surface area contributed by atoms with E-state index in [-0.39, 0.29) is 36.3 Å². The van der Waals surface area contributed by atoms with Crippen molar-refractivity contribution in [2.24, 2.45) is 11.8 Å². The maximum atomic E-state index is 12.7. The van der Waals surface area contributed by atoms with E-state index in [9.17, 15) is 14.4 Å². The molecule has 1 aromatic carbocycles. The average Bonchev–Trinajstić information content (AvgIpc) is 3.20. The Morgan fingerprint density at radius 3 is 2.45 bits per heavy atom. The maximum absolute atomic E-state index is 12.7. The number of ether oxygens (including phenoxy) is 3. The molecular formula is C22H26N2O6S. The number of hydrogen-bond acceptors (Lipinski definition) is 9. The Hall–Kier alpha value is -2.78. The second-order valence-corrected chi connectivity index (χ2v) is 8.59. The second-order valence-electron chi connectivity index (χ2n) is 7.56. The molecule has 2 aromatic rings. The predicted octanol–water partition coefficient (Wildman–Crippen LogP) is 3.28. The van der Waals surface area contributed by atoms with Crippen LogP contribution in [0.2, 0.25) is 0 Å². The van der Waals surface area contributed by atoms with Gasteiger partial charge in [0.05, 0.1) is 17.2 Å². The number of thiazole rings is 1. The van der Waals surface area contributed by atoms with Crippen LogP contribution in [-0.2, 0) is 23.8 Å². The Labute approximate surface area is 184 Å². The number of hydrogen-bond donors (Lipinski definition) is 1. The highest BCUT2D eigenvalue weighted by molar-refractivity contribution is 7.17. The Morgan fingerprint density at radius 2 is 1.81 bits per heavy atom. The third kappa shape index (κ3) is 5.68. The Morgan fingerprint density at radius 1 is 1.10 bits per heavy atom. The van der Waals surface area contributed by atoms with E-state index in [2.05, 4.69) is 10.3 Å². The van der Waals surface area contributed by atoms with Crippen LogP contribution in [0.25, 0.3) is 0 Å². The van der Waals surface area contributed by atoms with E-state index in [0.717, 1.165) is 0 Å². The lowest BCUT2D eigenvalue weighted by Gasteiger charge is -2.43. The van der Waals surface area contributed by atoms with Crippen LogP contribution in [0.5, 0.6) is 0 Å². The lowest BCUT2D eigenvalue weighted by atomic mass is 9.83. The van der Waals surface area contributed by atoms with Gasteiger partial charge >= 0.3 is 11.9 Å². The molecule has 3 rings (SSSR count). The molecular weight excluding hydrogens is 420 g/mol. The molecule has 1 aliphatic rings. The molecule has 0 amide bonds. The second kappa shape index (κ2) is 10.0. The summed E-state index contributed by atoms with van der Waals surface area (Å²) < 4.78 is 16.8. The van der Waals surface area contributed by atoms with Crippen LogP contribution in [0, 0.1) is 11.8 Å². The van der Waals surface area contributed by atoms with Crippen molar-refractivity contribution in [2.75, 3.05) is 11.9 Å². The topological polar surface area (TPSA) is 104 Å². The van der Waals surface area contributed by atoms with Gasteiger partial charge in [0.15, 0.2) is 11.4 Å². The molecule has 166 valence electrons. The first kappa shape index (κ1) is 22.9. The molecule has 31 heavy (non-hydrogen) atoms. The summed E-state index contributed by atoms with van der Waals surface area (Å²) >= 11 is 1.19. The summed E-state index contributed by atoms with van der Waals surface area (Å²) in [5.74, 6) is -1.02. The number of nitrogens with one attached hydrogen (secondary N) is 1. The van der Waals surface area contributed by atoms with E-state index in [1.807, 2.05) is 19.9 Å². The zero-order valence-corrected chi connectivity index (χ0v) is 18.7. The maximum Gasteiger partial charge on any atom is 0.303 e. The third-order valence-electron chi connectivity index (χ3n) is 5.34. The first-order chi connectivity index (χ1) is 14.8. The van der Waals surface area contributed by atoms with E-state index in [0.29, 0.717) is 15.6 Å². The van der Waals surface area contributed by atoms with Crippen molar-refractivity contribution >= 4 is 34.2 Å². The summed E-state index contributed by atoms with van der Waals surface area (Å²) in [5, 5.41) is 3.61. The van der Waals surface area contributed by atoms with Gasteiger partial charge < -0.3 is 19.5 Å². The predicted molar refractivity (Wildman–Crippen MR) is 115 cm³/mol. The van der Waals surface area contributed by atoms with Crippen molar-refractivity contribution in [1.82, 2.24) is 4.98 Å². The molecule has 1 N–H and O–H groups in total. The number of anilines is 1. The van der Waals surface area contributed by atoms with Gasteiger partial charge in [0, 0.05) is 25.3 Å². The first-order valence-electron chi connectivity index (χ1n) is 10.0. The zero-order chi connectivity index (χ0) is 22.5. The number of benzene rings is 1. The smallest absolute Gasteiger partial charge is 0.303 e. The number of esters is 2. The summed E-state index contributed by atoms with van der Waals surface area (Å²) in [6, 6.07) is 8.95. The number of rotatable bonds is 7. The van der Waals surface area contributed by atoms with Gasteiger partial charge in [-0.2, -0.15) is 0 Å². The third-order valence-corrected chi connectivity index (χ3v) is 6.27. The van der Waals surface area contributed by atoms with Gasteiger partial charge in [0.25, 0.3) is 0 Å². The van der Waals surface area contributed by atoms with Gasteiger partial charge in [-0.25, -0.2) is 4.98 Å². The summed E-state index contributed by atoms with van der Waals surface area (Å²) in [7, 11) is 0. The number of carbonyl (C=O) groups is 3. The lowest BCUT2D eigenvalue weighted by Crippen LogP contribution is -2.55. The largest absolute Gasteiger partial charge is 0.463 e. The Bertz CT molecular complexity index is 929. The summed E-state index contributed by atoms with van der Waals surface area (Å²) in [6.45, 7) is 6.71. The molecule has 0 saturated carbocycles. The molecule has 1 fully saturated rings. The fourth-order valence-corrected chi connectivity index (χ4v) is 4.27. The lowest BCUT2D eigenvalue weighted by molar-refractivity contribution is -0.197. The van der Waals surface area contributed by atoms with Crippen molar-refractivity contribution in [3.05, 3.63) is 47.0 Å². The van der Waals surface area contributed by atoms with E-state index in [1.165, 1.54) is 31.4 Å². The van der Waals surface area contributed by atoms with Gasteiger partial charge in [0.2, 0.25) is 5.78 Å². The van der Waals surface area contributed by atoms with Crippen LogP contribution in [0.3, 0.4) is 0 Å². The van der Waals surface area contributed by atoms with Gasteiger partial charge in [-0.05, 0) is 5.92 Å². The standard InChI is InChI=1S/C22H26N2O6S/c1-12-13(2)20(29-15(4)26)21(30-17(12)11-28-14(3)25)24-22-23-10-18(31-22)19(27)16-8-6-5-7-9-16/h5-10,12-13,17,20-21H,11H2,1-4H3,(H,23,24)/t12-,13-,17?,20?,21-/m0/s1. The molecule has 5 atom stereocenters. The van der Waals surface area contributed by atoms with E-state index in [1.54, 1.807) is 24.3 Å². The molecule has 1 aromatic heterocycles. The van der Waals surface area contributed by atoms with Crippen LogP contribution in [0.15, 0.2) is 36.5 Å². The fourth-order valence-electron chi connectivity index (χ4n) is 3.47. The SMILES string of the molecule is CC(=O)OCC1O[C@H](Nc2ncc(C(=O)c3ccccc3)s2)C(OC(C)=O)[C@@H](C)[C@@H]1C. The van der Waals surface area contributed by atoms with Gasteiger partial charge in [-0.3, -0.25) is 14.4 Å². The molecule has 0 bridgehead atoms. The van der Waals surface area contributed by atoms with Crippen molar-refractivity contribution < 1.29 is 28.6 Å². The van der Waals surface area contributed by atoms with Gasteiger partial charge in [-0.15, -0.1) is 0 Å². The molecule has 9 heteroatoms. The minimum Gasteiger partial charge on any atom is -0.463 e. The monoisotopic (exact) mass is 446 g/mol. The van der Waals surface area contributed by atoms with Crippen LogP contribution in [0.4, 0.5) is 5.13 Å². The van der Waals surface area contributed by atoms with Crippen molar-refractivity contribution in [3.63, 3.8) is 0 Å². The van der Waals surface area contributed by atoms with E-state index < -0.39 is 18.3 Å². The highest BCUT2D eigenvalue weighted by atomic mass is 32.1. The Balaban J connectivity index is 1.77. The molecule has 1 aliphatic heterocycles. The van der Waals surface area contributed by atoms with E-state index in [4.69, 9.17) is 14.2 Å². The molecule has 0 spiro atoms. The van der Waals surface area contributed by atoms with Crippen LogP contribution < -0.4 is 5.32 Å². The first-order valence-corrected chi connectivity index (χ1v) is 10.9. The number of aromatic nitrogens is 1. The van der Waals surface area contributed by atoms with Gasteiger partial charge in [-0.1, -0.05) is 55.5 Å². The minimum absolute atomic E-state index is 0.0201. The molecule has 2 unspecified atom stereocenters. The van der Waals surface area contributed by atoms with Crippen molar-refractivity contribution in [3.8, 4) is 0 Å². The van der Waals surface area contributed by atoms with Crippen LogP contribution in [0.1, 0.15) is 42.9 Å². The fraction of sp³-hybridized carbons (Fsp3) is 0.455. The number of carbonyl (C=O) groups excluding carboxylic acids is 3. The molecule has 2 heterocycles. The molecule has 0 radical (unpaired) electrons. The van der Waals surface area contributed by atoms with E-state index >= 15 is 0 Å². The number of nitrogens with zero attached hydrogens (tertiary/aromatic N) is 1. The Kier molecular flexibility index (Phi) is 7.40. The van der Waals surface area contributed by atoms with Crippen molar-refractivity contribution in [2.45, 2.75) is 46.1 Å². The van der Waals surface area contributed by atoms with Crippen LogP contribution in [-0.4, -0.2) is 47.7 Å². The molecule has 0 aliphatic carbocycles. The normalized spacial score (nSPS) is 25.5. The van der Waals surface area contributed by atoms with Crippen LogP contribution >= 0.6 is 11.3 Å². The average molecular weight is 447 g/mol. The zero-order valence-electron chi connectivity index (χ0n) is 17.9. The summed E-state index contributed by atoms with van der Waals surface area (Å²) in [4.78, 5) is 40.3. The summed E-state index contributed by atoms with van der Waals surface area (Å²) in [5.41, 5.74) is 0.577. The quantitative estimate of drug-likeness (QED) is 0.510. The number of ketones is 1. The summed E-state index contributed by atoms with van der Waals surface area (Å²) in [6.07, 6.45) is -0.151. The van der Waals surface area contributed by atoms with Gasteiger partial charge in [0.1, 0.15) is 12.7 Å². The highest BCUT2D eigenvalue weighted by Gasteiger charge is 2.44. The minimum atomic E-state index is -0.707. The molecule has 8 nitrogen and oxygen atoms in total. The highest BCUT2D eigenvalue weighted by Crippen LogP contribution is 2.34. The van der Waals surface area contributed by atoms with Crippen molar-refractivity contribution in [1.29, 1.82) is 0 Å².